The largest absolute Gasteiger partial charge is 0.366 e. The number of aromatic nitrogens is 2. The van der Waals surface area contributed by atoms with Crippen LogP contribution in [-0.2, 0) is 0 Å². The Hall–Kier alpha value is -1.16. The van der Waals surface area contributed by atoms with Gasteiger partial charge >= 0.3 is 0 Å². The van der Waals surface area contributed by atoms with Gasteiger partial charge in [0.1, 0.15) is 11.6 Å². The molecule has 1 unspecified atom stereocenters. The van der Waals surface area contributed by atoms with Crippen LogP contribution in [0.4, 0.5) is 5.82 Å². The maximum absolute atomic E-state index is 5.64. The van der Waals surface area contributed by atoms with Crippen molar-refractivity contribution in [3.05, 3.63) is 18.1 Å². The van der Waals surface area contributed by atoms with Gasteiger partial charge in [-0.3, -0.25) is 0 Å². The van der Waals surface area contributed by atoms with Crippen LogP contribution in [0.1, 0.15) is 25.6 Å². The van der Waals surface area contributed by atoms with Gasteiger partial charge in [0.25, 0.3) is 0 Å². The molecule has 0 fully saturated rings. The van der Waals surface area contributed by atoms with Crippen LogP contribution >= 0.6 is 0 Å². The van der Waals surface area contributed by atoms with Crippen molar-refractivity contribution in [2.45, 2.75) is 32.7 Å². The average molecular weight is 194 g/mol. The Morgan fingerprint density at radius 1 is 1.57 bits per heavy atom. The first kappa shape index (κ1) is 10.9. The van der Waals surface area contributed by atoms with E-state index >= 15 is 0 Å². The summed E-state index contributed by atoms with van der Waals surface area (Å²) >= 11 is 0. The summed E-state index contributed by atoms with van der Waals surface area (Å²) in [5, 5.41) is 3.29. The highest BCUT2D eigenvalue weighted by atomic mass is 15.0. The molecule has 78 valence electrons. The zero-order valence-corrected chi connectivity index (χ0v) is 8.83. The van der Waals surface area contributed by atoms with Crippen molar-refractivity contribution in [3.8, 4) is 0 Å². The molecule has 4 heteroatoms. The van der Waals surface area contributed by atoms with Crippen LogP contribution < -0.4 is 11.1 Å². The van der Waals surface area contributed by atoms with E-state index in [4.69, 9.17) is 5.73 Å². The molecule has 1 heterocycles. The summed E-state index contributed by atoms with van der Waals surface area (Å²) in [6, 6.07) is 2.18. The summed E-state index contributed by atoms with van der Waals surface area (Å²) in [7, 11) is 0. The maximum Gasteiger partial charge on any atom is 0.129 e. The Morgan fingerprint density at radius 2 is 2.36 bits per heavy atom. The van der Waals surface area contributed by atoms with E-state index < -0.39 is 0 Å². The second-order valence-electron chi connectivity index (χ2n) is 3.35. The molecule has 0 spiro atoms. The van der Waals surface area contributed by atoms with Gasteiger partial charge in [-0.1, -0.05) is 13.3 Å². The van der Waals surface area contributed by atoms with Crippen LogP contribution in [0.25, 0.3) is 0 Å². The standard InChI is InChI=1S/C10H18N4/c1-3-4-9(7-11)14-10-5-6-12-8(2)13-10/h5-6,9H,3-4,7,11H2,1-2H3,(H,12,13,14). The van der Waals surface area contributed by atoms with E-state index in [1.807, 2.05) is 13.0 Å². The smallest absolute Gasteiger partial charge is 0.129 e. The van der Waals surface area contributed by atoms with Crippen molar-refractivity contribution in [1.82, 2.24) is 9.97 Å². The highest BCUT2D eigenvalue weighted by Crippen LogP contribution is 2.06. The minimum Gasteiger partial charge on any atom is -0.366 e. The van der Waals surface area contributed by atoms with Crippen molar-refractivity contribution < 1.29 is 0 Å². The fourth-order valence-corrected chi connectivity index (χ4v) is 1.34. The van der Waals surface area contributed by atoms with Crippen LogP contribution in [0.2, 0.25) is 0 Å². The summed E-state index contributed by atoms with van der Waals surface area (Å²) in [6.07, 6.45) is 3.95. The number of nitrogens with zero attached hydrogens (tertiary/aromatic N) is 2. The van der Waals surface area contributed by atoms with Gasteiger partial charge in [-0.15, -0.1) is 0 Å². The lowest BCUT2D eigenvalue weighted by atomic mass is 10.2. The molecule has 14 heavy (non-hydrogen) atoms. The van der Waals surface area contributed by atoms with Crippen molar-refractivity contribution in [1.29, 1.82) is 0 Å². The summed E-state index contributed by atoms with van der Waals surface area (Å²) < 4.78 is 0. The fourth-order valence-electron chi connectivity index (χ4n) is 1.34. The molecule has 3 N–H and O–H groups in total. The fraction of sp³-hybridized carbons (Fsp3) is 0.600. The number of nitrogens with one attached hydrogen (secondary N) is 1. The highest BCUT2D eigenvalue weighted by Gasteiger charge is 2.05. The van der Waals surface area contributed by atoms with Crippen molar-refractivity contribution in [2.24, 2.45) is 5.73 Å². The third kappa shape index (κ3) is 3.30. The molecule has 0 bridgehead atoms. The Labute approximate surface area is 85.0 Å². The quantitative estimate of drug-likeness (QED) is 0.742. The molecule has 1 aromatic heterocycles. The van der Waals surface area contributed by atoms with Crippen LogP contribution in [0, 0.1) is 6.92 Å². The average Bonchev–Trinajstić information content (AvgIpc) is 2.17. The Balaban J connectivity index is 2.57. The second kappa shape index (κ2) is 5.54. The van der Waals surface area contributed by atoms with E-state index in [-0.39, 0.29) is 0 Å². The van der Waals surface area contributed by atoms with Gasteiger partial charge in [-0.25, -0.2) is 9.97 Å². The molecule has 0 aliphatic heterocycles. The molecule has 0 aliphatic rings. The van der Waals surface area contributed by atoms with Crippen molar-refractivity contribution in [2.75, 3.05) is 11.9 Å². The molecule has 4 nitrogen and oxygen atoms in total. The van der Waals surface area contributed by atoms with E-state index in [9.17, 15) is 0 Å². The number of hydrogen-bond acceptors (Lipinski definition) is 4. The molecule has 0 amide bonds. The van der Waals surface area contributed by atoms with E-state index in [1.54, 1.807) is 6.20 Å². The maximum atomic E-state index is 5.64. The predicted octanol–water partition coefficient (Wildman–Crippen LogP) is 1.32. The van der Waals surface area contributed by atoms with Crippen LogP contribution in [0.5, 0.6) is 0 Å². The molecule has 0 aliphatic carbocycles. The molecular formula is C10H18N4. The summed E-state index contributed by atoms with van der Waals surface area (Å²) in [5.74, 6) is 1.64. The first-order valence-electron chi connectivity index (χ1n) is 5.02. The van der Waals surface area contributed by atoms with Gasteiger partial charge in [0.05, 0.1) is 0 Å². The Kier molecular flexibility index (Phi) is 4.32. The summed E-state index contributed by atoms with van der Waals surface area (Å²) in [4.78, 5) is 8.30. The lowest BCUT2D eigenvalue weighted by Gasteiger charge is -2.16. The van der Waals surface area contributed by atoms with Crippen molar-refractivity contribution >= 4 is 5.82 Å². The van der Waals surface area contributed by atoms with E-state index in [0.717, 1.165) is 24.5 Å². The monoisotopic (exact) mass is 194 g/mol. The number of anilines is 1. The number of rotatable bonds is 5. The van der Waals surface area contributed by atoms with E-state index in [2.05, 4.69) is 22.2 Å². The normalized spacial score (nSPS) is 12.5. The lowest BCUT2D eigenvalue weighted by Crippen LogP contribution is -2.29. The van der Waals surface area contributed by atoms with Gasteiger partial charge in [-0.05, 0) is 19.4 Å². The molecule has 1 atom stereocenters. The topological polar surface area (TPSA) is 63.8 Å². The summed E-state index contributed by atoms with van der Waals surface area (Å²) in [5.41, 5.74) is 5.64. The molecule has 0 radical (unpaired) electrons. The minimum absolute atomic E-state index is 0.314. The SMILES string of the molecule is CCCC(CN)Nc1ccnc(C)n1. The molecule has 0 saturated carbocycles. The molecule has 0 aromatic carbocycles. The first-order valence-corrected chi connectivity index (χ1v) is 5.02. The molecule has 0 saturated heterocycles. The second-order valence-corrected chi connectivity index (χ2v) is 3.35. The zero-order chi connectivity index (χ0) is 10.4. The number of hydrogen-bond donors (Lipinski definition) is 2. The molecule has 1 aromatic rings. The van der Waals surface area contributed by atoms with Crippen LogP contribution in [0.15, 0.2) is 12.3 Å². The third-order valence-corrected chi connectivity index (χ3v) is 2.05. The van der Waals surface area contributed by atoms with E-state index in [1.165, 1.54) is 0 Å². The first-order chi connectivity index (χ1) is 6.76. The predicted molar refractivity (Wildman–Crippen MR) is 58.1 cm³/mol. The highest BCUT2D eigenvalue weighted by molar-refractivity contribution is 5.34. The van der Waals surface area contributed by atoms with Crippen LogP contribution in [-0.4, -0.2) is 22.6 Å². The number of aryl methyl sites for hydroxylation is 1. The van der Waals surface area contributed by atoms with Gasteiger partial charge in [0, 0.05) is 18.8 Å². The Bertz CT molecular complexity index is 275. The number of nitrogens with two attached hydrogens (primary N) is 1. The van der Waals surface area contributed by atoms with E-state index in [0.29, 0.717) is 12.6 Å². The van der Waals surface area contributed by atoms with Crippen molar-refractivity contribution in [3.63, 3.8) is 0 Å². The lowest BCUT2D eigenvalue weighted by molar-refractivity contribution is 0.645. The summed E-state index contributed by atoms with van der Waals surface area (Å²) in [6.45, 7) is 4.66. The third-order valence-electron chi connectivity index (χ3n) is 2.05. The van der Waals surface area contributed by atoms with Gasteiger partial charge in [-0.2, -0.15) is 0 Å². The Morgan fingerprint density at radius 3 is 2.93 bits per heavy atom. The van der Waals surface area contributed by atoms with Gasteiger partial charge in [0.2, 0.25) is 0 Å². The molecular weight excluding hydrogens is 176 g/mol. The zero-order valence-electron chi connectivity index (χ0n) is 8.83. The van der Waals surface area contributed by atoms with Gasteiger partial charge < -0.3 is 11.1 Å². The van der Waals surface area contributed by atoms with Gasteiger partial charge in [0.15, 0.2) is 0 Å². The van der Waals surface area contributed by atoms with Crippen LogP contribution in [0.3, 0.4) is 0 Å². The minimum atomic E-state index is 0.314. The molecule has 1 rings (SSSR count).